The number of rotatable bonds is 8. The molecule has 0 saturated heterocycles. The van der Waals surface area contributed by atoms with Gasteiger partial charge in [-0.2, -0.15) is 0 Å². The Morgan fingerprint density at radius 1 is 1.04 bits per heavy atom. The fourth-order valence-corrected chi connectivity index (χ4v) is 2.66. The molecule has 0 spiro atoms. The van der Waals surface area contributed by atoms with E-state index in [4.69, 9.17) is 10.5 Å². The molecule has 5 nitrogen and oxygen atoms in total. The van der Waals surface area contributed by atoms with E-state index in [1.165, 1.54) is 11.8 Å². The molecule has 2 aromatic carbocycles. The second kappa shape index (κ2) is 8.85. The molecule has 23 heavy (non-hydrogen) atoms. The summed E-state index contributed by atoms with van der Waals surface area (Å²) >= 11 is 1.25. The highest BCUT2D eigenvalue weighted by molar-refractivity contribution is 8.00. The minimum absolute atomic E-state index is 0.140. The maximum Gasteiger partial charge on any atom is 0.252 e. The molecule has 0 bridgehead atoms. The lowest BCUT2D eigenvalue weighted by Crippen LogP contribution is -2.28. The first kappa shape index (κ1) is 16.9. The number of carbonyl (C=O) groups is 2. The minimum atomic E-state index is -0.415. The second-order valence-corrected chi connectivity index (χ2v) is 5.69. The summed E-state index contributed by atoms with van der Waals surface area (Å²) in [4.78, 5) is 23.8. The molecule has 0 aromatic heterocycles. The van der Waals surface area contributed by atoms with Crippen LogP contribution in [0.3, 0.4) is 0 Å². The first-order chi connectivity index (χ1) is 11.2. The SMILES string of the molecule is NC(=O)CSc1ccccc1C(=O)NCCOc1ccccc1. The van der Waals surface area contributed by atoms with Crippen LogP contribution in [0.15, 0.2) is 59.5 Å². The largest absolute Gasteiger partial charge is 0.492 e. The van der Waals surface area contributed by atoms with E-state index in [0.717, 1.165) is 10.6 Å². The van der Waals surface area contributed by atoms with Gasteiger partial charge in [-0.15, -0.1) is 11.8 Å². The summed E-state index contributed by atoms with van der Waals surface area (Å²) in [5, 5.41) is 2.80. The molecule has 120 valence electrons. The van der Waals surface area contributed by atoms with Crippen molar-refractivity contribution < 1.29 is 14.3 Å². The fraction of sp³-hybridized carbons (Fsp3) is 0.176. The van der Waals surface area contributed by atoms with Crippen molar-refractivity contribution >= 4 is 23.6 Å². The molecular weight excluding hydrogens is 312 g/mol. The van der Waals surface area contributed by atoms with E-state index in [1.54, 1.807) is 18.2 Å². The van der Waals surface area contributed by atoms with E-state index >= 15 is 0 Å². The number of amides is 2. The van der Waals surface area contributed by atoms with Crippen molar-refractivity contribution in [2.24, 2.45) is 5.73 Å². The number of nitrogens with one attached hydrogen (secondary N) is 1. The zero-order chi connectivity index (χ0) is 16.5. The van der Waals surface area contributed by atoms with Crippen molar-refractivity contribution in [3.8, 4) is 5.75 Å². The number of primary amides is 1. The fourth-order valence-electron chi connectivity index (χ4n) is 1.87. The van der Waals surface area contributed by atoms with Gasteiger partial charge in [0.25, 0.3) is 5.91 Å². The Morgan fingerprint density at radius 3 is 2.48 bits per heavy atom. The number of thioether (sulfide) groups is 1. The smallest absolute Gasteiger partial charge is 0.252 e. The lowest BCUT2D eigenvalue weighted by Gasteiger charge is -2.10. The molecule has 0 fully saturated rings. The van der Waals surface area contributed by atoms with E-state index in [1.807, 2.05) is 36.4 Å². The van der Waals surface area contributed by atoms with E-state index < -0.39 is 5.91 Å². The van der Waals surface area contributed by atoms with E-state index in [9.17, 15) is 9.59 Å². The van der Waals surface area contributed by atoms with Gasteiger partial charge in [-0.05, 0) is 24.3 Å². The van der Waals surface area contributed by atoms with Crippen molar-refractivity contribution in [3.63, 3.8) is 0 Å². The zero-order valence-electron chi connectivity index (χ0n) is 12.5. The van der Waals surface area contributed by atoms with Crippen LogP contribution in [0, 0.1) is 0 Å². The number of hydrogen-bond acceptors (Lipinski definition) is 4. The molecule has 6 heteroatoms. The summed E-state index contributed by atoms with van der Waals surface area (Å²) in [6, 6.07) is 16.5. The van der Waals surface area contributed by atoms with Crippen LogP contribution in [-0.4, -0.2) is 30.7 Å². The standard InChI is InChI=1S/C17H18N2O3S/c18-16(20)12-23-15-9-5-4-8-14(15)17(21)19-10-11-22-13-6-2-1-3-7-13/h1-9H,10-12H2,(H2,18,20)(H,19,21). The lowest BCUT2D eigenvalue weighted by atomic mass is 10.2. The van der Waals surface area contributed by atoms with Gasteiger partial charge in [0.1, 0.15) is 12.4 Å². The van der Waals surface area contributed by atoms with Crippen LogP contribution in [0.25, 0.3) is 0 Å². The Balaban J connectivity index is 1.84. The highest BCUT2D eigenvalue weighted by atomic mass is 32.2. The third-order valence-corrected chi connectivity index (χ3v) is 4.00. The normalized spacial score (nSPS) is 10.1. The summed E-state index contributed by atoms with van der Waals surface area (Å²) in [5.74, 6) is 0.288. The van der Waals surface area contributed by atoms with Crippen LogP contribution >= 0.6 is 11.8 Å². The molecule has 0 unspecified atom stereocenters. The van der Waals surface area contributed by atoms with Crippen LogP contribution in [0.2, 0.25) is 0 Å². The van der Waals surface area contributed by atoms with Crippen molar-refractivity contribution in [1.82, 2.24) is 5.32 Å². The van der Waals surface area contributed by atoms with E-state index in [0.29, 0.717) is 18.7 Å². The average molecular weight is 330 g/mol. The summed E-state index contributed by atoms with van der Waals surface area (Å²) in [7, 11) is 0. The monoisotopic (exact) mass is 330 g/mol. The van der Waals surface area contributed by atoms with Gasteiger partial charge in [-0.3, -0.25) is 9.59 Å². The minimum Gasteiger partial charge on any atom is -0.492 e. The Bertz CT molecular complexity index is 662. The molecule has 0 heterocycles. The highest BCUT2D eigenvalue weighted by Crippen LogP contribution is 2.22. The molecule has 0 aliphatic carbocycles. The number of nitrogens with two attached hydrogens (primary N) is 1. The second-order valence-electron chi connectivity index (χ2n) is 4.67. The molecule has 0 aliphatic heterocycles. The molecular formula is C17H18N2O3S. The van der Waals surface area contributed by atoms with E-state index in [2.05, 4.69) is 5.32 Å². The van der Waals surface area contributed by atoms with E-state index in [-0.39, 0.29) is 11.7 Å². The third-order valence-electron chi connectivity index (χ3n) is 2.90. The summed E-state index contributed by atoms with van der Waals surface area (Å²) in [5.41, 5.74) is 5.67. The quantitative estimate of drug-likeness (QED) is 0.573. The lowest BCUT2D eigenvalue weighted by molar-refractivity contribution is -0.115. The van der Waals surface area contributed by atoms with Crippen LogP contribution in [-0.2, 0) is 4.79 Å². The molecule has 2 rings (SSSR count). The predicted octanol–water partition coefficient (Wildman–Crippen LogP) is 2.07. The number of ether oxygens (including phenoxy) is 1. The molecule has 2 amide bonds. The van der Waals surface area contributed by atoms with Crippen molar-refractivity contribution in [1.29, 1.82) is 0 Å². The van der Waals surface area contributed by atoms with Crippen LogP contribution in [0.5, 0.6) is 5.75 Å². The van der Waals surface area contributed by atoms with Crippen molar-refractivity contribution in [3.05, 3.63) is 60.2 Å². The molecule has 0 atom stereocenters. The van der Waals surface area contributed by atoms with Gasteiger partial charge in [-0.1, -0.05) is 30.3 Å². The molecule has 0 radical (unpaired) electrons. The Labute approximate surface area is 139 Å². The first-order valence-corrected chi connectivity index (χ1v) is 8.11. The third kappa shape index (κ3) is 5.67. The topological polar surface area (TPSA) is 81.4 Å². The van der Waals surface area contributed by atoms with Gasteiger partial charge in [-0.25, -0.2) is 0 Å². The Morgan fingerprint density at radius 2 is 1.74 bits per heavy atom. The number of para-hydroxylation sites is 1. The maximum absolute atomic E-state index is 12.2. The molecule has 2 aromatic rings. The summed E-state index contributed by atoms with van der Waals surface area (Å²) in [6.07, 6.45) is 0. The van der Waals surface area contributed by atoms with Crippen LogP contribution in [0.4, 0.5) is 0 Å². The Kier molecular flexibility index (Phi) is 6.50. The molecule has 0 aliphatic rings. The van der Waals surface area contributed by atoms with Gasteiger partial charge >= 0.3 is 0 Å². The number of benzene rings is 2. The summed E-state index contributed by atoms with van der Waals surface area (Å²) < 4.78 is 5.52. The van der Waals surface area contributed by atoms with Crippen molar-refractivity contribution in [2.45, 2.75) is 4.90 Å². The first-order valence-electron chi connectivity index (χ1n) is 7.13. The van der Waals surface area contributed by atoms with Gasteiger partial charge in [0.2, 0.25) is 5.91 Å². The van der Waals surface area contributed by atoms with Gasteiger partial charge in [0.05, 0.1) is 17.9 Å². The Hall–Kier alpha value is -2.47. The predicted molar refractivity (Wildman–Crippen MR) is 90.6 cm³/mol. The summed E-state index contributed by atoms with van der Waals surface area (Å²) in [6.45, 7) is 0.773. The van der Waals surface area contributed by atoms with Gasteiger partial charge in [0.15, 0.2) is 0 Å². The highest BCUT2D eigenvalue weighted by Gasteiger charge is 2.11. The van der Waals surface area contributed by atoms with Crippen LogP contribution < -0.4 is 15.8 Å². The average Bonchev–Trinajstić information content (AvgIpc) is 2.58. The molecule has 3 N–H and O–H groups in total. The van der Waals surface area contributed by atoms with Gasteiger partial charge in [0, 0.05) is 4.90 Å². The van der Waals surface area contributed by atoms with Crippen molar-refractivity contribution in [2.75, 3.05) is 18.9 Å². The van der Waals surface area contributed by atoms with Gasteiger partial charge < -0.3 is 15.8 Å². The molecule has 0 saturated carbocycles. The number of carbonyl (C=O) groups excluding carboxylic acids is 2. The van der Waals surface area contributed by atoms with Crippen LogP contribution in [0.1, 0.15) is 10.4 Å². The maximum atomic E-state index is 12.2. The number of hydrogen-bond donors (Lipinski definition) is 2. The zero-order valence-corrected chi connectivity index (χ0v) is 13.3.